The molecule has 10 heteroatoms. The zero-order valence-corrected chi connectivity index (χ0v) is 9.19. The molecular formula is C4H12O8P2. The quantitative estimate of drug-likeness (QED) is 0.596. The van der Waals surface area contributed by atoms with Gasteiger partial charge >= 0.3 is 15.6 Å². The Labute approximate surface area is 80.7 Å². The Bertz CT molecular complexity index is 236. The molecule has 14 heavy (non-hydrogen) atoms. The van der Waals surface area contributed by atoms with Gasteiger partial charge in [0.2, 0.25) is 0 Å². The van der Waals surface area contributed by atoms with Gasteiger partial charge in [-0.05, 0) is 6.92 Å². The van der Waals surface area contributed by atoms with Crippen molar-refractivity contribution in [3.05, 3.63) is 0 Å². The second kappa shape index (κ2) is 5.95. The van der Waals surface area contributed by atoms with Crippen LogP contribution in [0, 0.1) is 0 Å². The first-order chi connectivity index (χ1) is 6.27. The Hall–Kier alpha value is 0.220. The van der Waals surface area contributed by atoms with Crippen molar-refractivity contribution >= 4 is 15.6 Å². The van der Waals surface area contributed by atoms with Gasteiger partial charge in [0.25, 0.3) is 0 Å². The average molecular weight is 250 g/mol. The maximum absolute atomic E-state index is 10.1. The minimum Gasteiger partial charge on any atom is -0.303 e. The van der Waals surface area contributed by atoms with Crippen molar-refractivity contribution in [2.75, 3.05) is 19.8 Å². The minimum absolute atomic E-state index is 0.0459. The highest BCUT2D eigenvalue weighted by Gasteiger charge is 2.26. The lowest BCUT2D eigenvalue weighted by Gasteiger charge is -1.98. The monoisotopic (exact) mass is 250 g/mol. The van der Waals surface area contributed by atoms with E-state index in [2.05, 4.69) is 13.6 Å². The summed E-state index contributed by atoms with van der Waals surface area (Å²) < 4.78 is 32.2. The van der Waals surface area contributed by atoms with E-state index >= 15 is 0 Å². The first-order valence-electron chi connectivity index (χ1n) is 3.59. The van der Waals surface area contributed by atoms with E-state index in [1.807, 2.05) is 0 Å². The Morgan fingerprint density at radius 2 is 1.86 bits per heavy atom. The lowest BCUT2D eigenvalue weighted by Crippen LogP contribution is -1.84. The molecule has 0 aromatic rings. The third kappa shape index (κ3) is 8.80. The summed E-state index contributed by atoms with van der Waals surface area (Å²) in [6.45, 7) is 2.02. The molecule has 1 aliphatic rings. The van der Waals surface area contributed by atoms with Crippen LogP contribution in [-0.4, -0.2) is 34.5 Å². The van der Waals surface area contributed by atoms with Crippen molar-refractivity contribution in [1.29, 1.82) is 0 Å². The second-order valence-corrected chi connectivity index (χ2v) is 4.74. The highest BCUT2D eigenvalue weighted by atomic mass is 31.2. The third-order valence-electron chi connectivity index (χ3n) is 0.889. The lowest BCUT2D eigenvalue weighted by molar-refractivity contribution is 0.206. The molecule has 0 amide bonds. The number of hydrogen-bond donors (Lipinski definition) is 3. The topological polar surface area (TPSA) is 123 Å². The van der Waals surface area contributed by atoms with Crippen LogP contribution < -0.4 is 0 Å². The van der Waals surface area contributed by atoms with Gasteiger partial charge in [0.15, 0.2) is 0 Å². The van der Waals surface area contributed by atoms with Crippen LogP contribution in [0.3, 0.4) is 0 Å². The lowest BCUT2D eigenvalue weighted by atomic mass is 10.8. The fraction of sp³-hybridized carbons (Fsp3) is 1.00. The molecule has 1 fully saturated rings. The van der Waals surface area contributed by atoms with Gasteiger partial charge in [0, 0.05) is 0 Å². The molecule has 1 aliphatic heterocycles. The molecule has 0 aromatic heterocycles. The van der Waals surface area contributed by atoms with Gasteiger partial charge in [-0.15, -0.1) is 0 Å². The number of rotatable bonds is 2. The highest BCUT2D eigenvalue weighted by Crippen LogP contribution is 2.46. The van der Waals surface area contributed by atoms with Crippen LogP contribution in [-0.2, 0) is 22.7 Å². The van der Waals surface area contributed by atoms with Crippen LogP contribution in [0.2, 0.25) is 0 Å². The standard InChI is InChI=1S/C2H5O4P.C2H7O4P/c3-7(4)5-1-2-6-7;1-2-6-7(3,4)5/h1-2H2,(H,3,4);2H2,1H3,(H2,3,4,5). The summed E-state index contributed by atoms with van der Waals surface area (Å²) in [5.41, 5.74) is 0. The molecule has 0 atom stereocenters. The maximum atomic E-state index is 10.1. The Balaban J connectivity index is 0.000000241. The normalized spacial score (nSPS) is 20.0. The summed E-state index contributed by atoms with van der Waals surface area (Å²) in [6.07, 6.45) is 0. The van der Waals surface area contributed by atoms with Crippen LogP contribution in [0.4, 0.5) is 0 Å². The maximum Gasteiger partial charge on any atom is 0.472 e. The van der Waals surface area contributed by atoms with Crippen LogP contribution in [0.25, 0.3) is 0 Å². The molecule has 0 aliphatic carbocycles. The average Bonchev–Trinajstić information content (AvgIpc) is 2.32. The van der Waals surface area contributed by atoms with Gasteiger partial charge in [-0.3, -0.25) is 13.6 Å². The van der Waals surface area contributed by atoms with Gasteiger partial charge in [0.05, 0.1) is 19.8 Å². The summed E-state index contributed by atoms with van der Waals surface area (Å²) in [5, 5.41) is 0. The van der Waals surface area contributed by atoms with E-state index < -0.39 is 15.6 Å². The minimum atomic E-state index is -4.17. The van der Waals surface area contributed by atoms with E-state index in [9.17, 15) is 9.13 Å². The van der Waals surface area contributed by atoms with Gasteiger partial charge in [0.1, 0.15) is 0 Å². The molecule has 3 N–H and O–H groups in total. The van der Waals surface area contributed by atoms with Crippen molar-refractivity contribution in [3.63, 3.8) is 0 Å². The smallest absolute Gasteiger partial charge is 0.303 e. The van der Waals surface area contributed by atoms with E-state index in [0.717, 1.165) is 0 Å². The molecule has 0 bridgehead atoms. The largest absolute Gasteiger partial charge is 0.472 e. The summed E-state index contributed by atoms with van der Waals surface area (Å²) in [5.74, 6) is 0. The van der Waals surface area contributed by atoms with Crippen molar-refractivity contribution in [3.8, 4) is 0 Å². The highest BCUT2D eigenvalue weighted by molar-refractivity contribution is 7.47. The molecule has 8 nitrogen and oxygen atoms in total. The first kappa shape index (κ1) is 14.2. The summed E-state index contributed by atoms with van der Waals surface area (Å²) in [7, 11) is -7.71. The van der Waals surface area contributed by atoms with E-state index in [4.69, 9.17) is 14.7 Å². The summed E-state index contributed by atoms with van der Waals surface area (Å²) in [4.78, 5) is 24.1. The third-order valence-corrected chi connectivity index (χ3v) is 2.50. The van der Waals surface area contributed by atoms with Gasteiger partial charge in [-0.25, -0.2) is 9.13 Å². The van der Waals surface area contributed by atoms with Gasteiger partial charge < -0.3 is 14.7 Å². The molecule has 0 radical (unpaired) electrons. The molecule has 0 saturated carbocycles. The SMILES string of the molecule is CCOP(=O)(O)O.O=P1(O)OCCO1. The molecule has 1 heterocycles. The molecule has 0 spiro atoms. The predicted molar refractivity (Wildman–Crippen MR) is 45.4 cm³/mol. The molecular weight excluding hydrogens is 238 g/mol. The van der Waals surface area contributed by atoms with Crippen molar-refractivity contribution < 1.29 is 37.4 Å². The van der Waals surface area contributed by atoms with E-state index in [-0.39, 0.29) is 19.8 Å². The van der Waals surface area contributed by atoms with E-state index in [1.165, 1.54) is 6.92 Å². The molecule has 86 valence electrons. The van der Waals surface area contributed by atoms with Crippen LogP contribution in [0.15, 0.2) is 0 Å². The van der Waals surface area contributed by atoms with Gasteiger partial charge in [-0.1, -0.05) is 0 Å². The molecule has 1 saturated heterocycles. The summed E-state index contributed by atoms with van der Waals surface area (Å²) in [6, 6.07) is 0. The van der Waals surface area contributed by atoms with Crippen LogP contribution >= 0.6 is 15.6 Å². The fourth-order valence-electron chi connectivity index (χ4n) is 0.511. The first-order valence-corrected chi connectivity index (χ1v) is 6.61. The van der Waals surface area contributed by atoms with Crippen molar-refractivity contribution in [2.24, 2.45) is 0 Å². The van der Waals surface area contributed by atoms with E-state index in [0.29, 0.717) is 0 Å². The van der Waals surface area contributed by atoms with Crippen molar-refractivity contribution in [1.82, 2.24) is 0 Å². The zero-order chi connectivity index (χ0) is 11.2. The Kier molecular flexibility index (Phi) is 6.04. The number of phosphoric acid groups is 2. The van der Waals surface area contributed by atoms with Gasteiger partial charge in [-0.2, -0.15) is 0 Å². The number of hydrogen-bond acceptors (Lipinski definition) is 5. The molecule has 1 rings (SSSR count). The van der Waals surface area contributed by atoms with Crippen molar-refractivity contribution in [2.45, 2.75) is 6.92 Å². The second-order valence-electron chi connectivity index (χ2n) is 2.04. The number of phosphoric ester groups is 2. The van der Waals surface area contributed by atoms with Crippen LogP contribution in [0.1, 0.15) is 6.92 Å². The van der Waals surface area contributed by atoms with Crippen LogP contribution in [0.5, 0.6) is 0 Å². The summed E-state index contributed by atoms with van der Waals surface area (Å²) >= 11 is 0. The Morgan fingerprint density at radius 3 is 1.93 bits per heavy atom. The van der Waals surface area contributed by atoms with E-state index in [1.54, 1.807) is 0 Å². The molecule has 0 unspecified atom stereocenters. The predicted octanol–water partition coefficient (Wildman–Crippen LogP) is 0.249. The molecule has 0 aromatic carbocycles. The zero-order valence-electron chi connectivity index (χ0n) is 7.40. The fourth-order valence-corrected chi connectivity index (χ4v) is 1.53. The Morgan fingerprint density at radius 1 is 1.43 bits per heavy atom.